The molecule has 5 heteroatoms. The number of hydrogen-bond donors (Lipinski definition) is 0. The zero-order valence-electron chi connectivity index (χ0n) is 19.8. The lowest BCUT2D eigenvalue weighted by molar-refractivity contribution is -0.123. The van der Waals surface area contributed by atoms with E-state index in [2.05, 4.69) is 60.2 Å². The Morgan fingerprint density at radius 1 is 0.778 bits per heavy atom. The van der Waals surface area contributed by atoms with Gasteiger partial charge < -0.3 is 4.57 Å². The molecule has 5 aromatic rings. The number of para-hydroxylation sites is 1. The van der Waals surface area contributed by atoms with Crippen molar-refractivity contribution in [2.75, 3.05) is 0 Å². The molecule has 0 bridgehead atoms. The van der Waals surface area contributed by atoms with E-state index in [0.29, 0.717) is 4.91 Å². The lowest BCUT2D eigenvalue weighted by Crippen LogP contribution is -2.27. The largest absolute Gasteiger partial charge is 0.342 e. The molecule has 4 nitrogen and oxygen atoms in total. The fraction of sp³-hybridized carbons (Fsp3) is 0.0968. The number of amides is 2. The molecule has 0 atom stereocenters. The van der Waals surface area contributed by atoms with Crippen LogP contribution in [0.25, 0.3) is 27.8 Å². The number of nitrogens with zero attached hydrogens (tertiary/aromatic N) is 2. The second-order valence-electron chi connectivity index (χ2n) is 9.16. The van der Waals surface area contributed by atoms with Gasteiger partial charge in [-0.15, -0.1) is 0 Å². The number of thioether (sulfide) groups is 1. The van der Waals surface area contributed by atoms with Gasteiger partial charge in [0.1, 0.15) is 0 Å². The van der Waals surface area contributed by atoms with Gasteiger partial charge in [-0.25, -0.2) is 0 Å². The molecule has 2 amide bonds. The van der Waals surface area contributed by atoms with Crippen LogP contribution in [0.1, 0.15) is 22.3 Å². The number of carbonyl (C=O) groups excluding carboxylic acids is 2. The van der Waals surface area contributed by atoms with Crippen molar-refractivity contribution in [2.45, 2.75) is 20.0 Å². The van der Waals surface area contributed by atoms with E-state index in [-0.39, 0.29) is 17.7 Å². The Balaban J connectivity index is 1.29. The second kappa shape index (κ2) is 9.17. The number of rotatable bonds is 5. The minimum atomic E-state index is -0.242. The third-order valence-electron chi connectivity index (χ3n) is 6.61. The summed E-state index contributed by atoms with van der Waals surface area (Å²) in [5, 5.41) is 3.06. The molecule has 36 heavy (non-hydrogen) atoms. The summed E-state index contributed by atoms with van der Waals surface area (Å²) in [4.78, 5) is 27.9. The molecule has 1 aliphatic rings. The molecule has 1 saturated heterocycles. The van der Waals surface area contributed by atoms with E-state index >= 15 is 0 Å². The molecular formula is C31H24N2O2S. The molecule has 1 aliphatic heterocycles. The van der Waals surface area contributed by atoms with Crippen LogP contribution >= 0.6 is 11.8 Å². The van der Waals surface area contributed by atoms with E-state index in [4.69, 9.17) is 0 Å². The first-order valence-corrected chi connectivity index (χ1v) is 12.7. The van der Waals surface area contributed by atoms with Crippen molar-refractivity contribution in [1.82, 2.24) is 9.47 Å². The molecule has 1 aromatic heterocycles. The fourth-order valence-corrected chi connectivity index (χ4v) is 5.54. The fourth-order valence-electron chi connectivity index (χ4n) is 4.71. The van der Waals surface area contributed by atoms with E-state index in [9.17, 15) is 9.59 Å². The van der Waals surface area contributed by atoms with Crippen LogP contribution in [0.15, 0.2) is 102 Å². The normalized spacial score (nSPS) is 15.0. The number of aromatic nitrogens is 1. The van der Waals surface area contributed by atoms with Gasteiger partial charge in [-0.05, 0) is 58.8 Å². The van der Waals surface area contributed by atoms with Crippen LogP contribution in [0, 0.1) is 6.92 Å². The lowest BCUT2D eigenvalue weighted by Gasteiger charge is -2.13. The minimum Gasteiger partial charge on any atom is -0.342 e. The highest BCUT2D eigenvalue weighted by Crippen LogP contribution is 2.35. The Morgan fingerprint density at radius 2 is 1.50 bits per heavy atom. The summed E-state index contributed by atoms with van der Waals surface area (Å²) in [6, 6.07) is 30.8. The van der Waals surface area contributed by atoms with Crippen LogP contribution in [0.2, 0.25) is 0 Å². The third kappa shape index (κ3) is 4.23. The molecule has 0 radical (unpaired) electrons. The highest BCUT2D eigenvalue weighted by atomic mass is 32.2. The standard InChI is InChI=1S/C31H24N2O2S/c1-21-10-12-22(13-11-21)18-32-20-26(27-8-4-5-9-28(27)32)17-29-30(34)33(31(35)36-29)19-23-14-15-24-6-2-3-7-25(24)16-23/h2-17,20H,18-19H2,1H3/b29-17-. The summed E-state index contributed by atoms with van der Waals surface area (Å²) in [7, 11) is 0. The molecule has 0 aliphatic carbocycles. The van der Waals surface area contributed by atoms with E-state index in [0.717, 1.165) is 51.1 Å². The first-order chi connectivity index (χ1) is 17.5. The van der Waals surface area contributed by atoms with Gasteiger partial charge >= 0.3 is 0 Å². The van der Waals surface area contributed by atoms with Crippen LogP contribution < -0.4 is 0 Å². The van der Waals surface area contributed by atoms with Crippen LogP contribution in [0.4, 0.5) is 4.79 Å². The van der Waals surface area contributed by atoms with Crippen molar-refractivity contribution in [3.8, 4) is 0 Å². The SMILES string of the molecule is Cc1ccc(Cn2cc(/C=C3\SC(=O)N(Cc4ccc5ccccc5c4)C3=O)c3ccccc32)cc1. The van der Waals surface area contributed by atoms with E-state index in [1.807, 2.05) is 54.6 Å². The van der Waals surface area contributed by atoms with Gasteiger partial charge in [0.2, 0.25) is 0 Å². The van der Waals surface area contributed by atoms with Crippen LogP contribution in [-0.4, -0.2) is 20.6 Å². The molecule has 6 rings (SSSR count). The molecule has 4 aromatic carbocycles. The van der Waals surface area contributed by atoms with E-state index in [1.165, 1.54) is 16.0 Å². The number of imide groups is 1. The number of aryl methyl sites for hydroxylation is 1. The second-order valence-corrected chi connectivity index (χ2v) is 10.2. The zero-order valence-corrected chi connectivity index (χ0v) is 20.7. The van der Waals surface area contributed by atoms with Gasteiger partial charge in [0, 0.05) is 29.2 Å². The number of hydrogen-bond acceptors (Lipinski definition) is 3. The van der Waals surface area contributed by atoms with Crippen molar-refractivity contribution in [2.24, 2.45) is 0 Å². The lowest BCUT2D eigenvalue weighted by atomic mass is 10.1. The molecule has 1 fully saturated rings. The molecule has 2 heterocycles. The van der Waals surface area contributed by atoms with Crippen molar-refractivity contribution in [1.29, 1.82) is 0 Å². The first-order valence-electron chi connectivity index (χ1n) is 11.9. The minimum absolute atomic E-state index is 0.234. The maximum Gasteiger partial charge on any atom is 0.293 e. The third-order valence-corrected chi connectivity index (χ3v) is 7.52. The molecule has 0 N–H and O–H groups in total. The van der Waals surface area contributed by atoms with E-state index < -0.39 is 0 Å². The summed E-state index contributed by atoms with van der Waals surface area (Å²) in [5.74, 6) is -0.242. The molecular weight excluding hydrogens is 464 g/mol. The average Bonchev–Trinajstić information content (AvgIpc) is 3.37. The topological polar surface area (TPSA) is 42.3 Å². The van der Waals surface area contributed by atoms with Crippen LogP contribution in [0.3, 0.4) is 0 Å². The van der Waals surface area contributed by atoms with Gasteiger partial charge in [-0.1, -0.05) is 84.4 Å². The Bertz CT molecular complexity index is 1660. The van der Waals surface area contributed by atoms with Crippen molar-refractivity contribution in [3.05, 3.63) is 124 Å². The maximum atomic E-state index is 13.3. The summed E-state index contributed by atoms with van der Waals surface area (Å²) in [6.45, 7) is 3.08. The summed E-state index contributed by atoms with van der Waals surface area (Å²) in [6.07, 6.45) is 3.93. The monoisotopic (exact) mass is 488 g/mol. The Kier molecular flexibility index (Phi) is 5.70. The van der Waals surface area contributed by atoms with Gasteiger partial charge in [-0.2, -0.15) is 0 Å². The van der Waals surface area contributed by atoms with Gasteiger partial charge in [0.25, 0.3) is 11.1 Å². The van der Waals surface area contributed by atoms with Gasteiger partial charge in [-0.3, -0.25) is 14.5 Å². The van der Waals surface area contributed by atoms with Gasteiger partial charge in [0.15, 0.2) is 0 Å². The predicted octanol–water partition coefficient (Wildman–Crippen LogP) is 7.39. The molecule has 176 valence electrons. The van der Waals surface area contributed by atoms with Crippen molar-refractivity contribution < 1.29 is 9.59 Å². The first kappa shape index (κ1) is 22.4. The molecule has 0 saturated carbocycles. The highest BCUT2D eigenvalue weighted by molar-refractivity contribution is 8.18. The highest BCUT2D eigenvalue weighted by Gasteiger charge is 2.35. The van der Waals surface area contributed by atoms with Crippen LogP contribution in [0.5, 0.6) is 0 Å². The smallest absolute Gasteiger partial charge is 0.293 e. The quantitative estimate of drug-likeness (QED) is 0.242. The maximum absolute atomic E-state index is 13.3. The van der Waals surface area contributed by atoms with Crippen molar-refractivity contribution >= 4 is 50.7 Å². The summed E-state index contributed by atoms with van der Waals surface area (Å²) in [5.41, 5.74) is 5.42. The zero-order chi connectivity index (χ0) is 24.6. The number of fused-ring (bicyclic) bond motifs is 2. The molecule has 0 spiro atoms. The van der Waals surface area contributed by atoms with Crippen LogP contribution in [-0.2, 0) is 17.9 Å². The summed E-state index contributed by atoms with van der Waals surface area (Å²) < 4.78 is 2.20. The molecule has 0 unspecified atom stereocenters. The summed E-state index contributed by atoms with van der Waals surface area (Å²) >= 11 is 1.01. The predicted molar refractivity (Wildman–Crippen MR) is 148 cm³/mol. The Hall–Kier alpha value is -4.09. The van der Waals surface area contributed by atoms with Gasteiger partial charge in [0.05, 0.1) is 11.4 Å². The Labute approximate surface area is 213 Å². The average molecular weight is 489 g/mol. The van der Waals surface area contributed by atoms with Crippen molar-refractivity contribution in [3.63, 3.8) is 0 Å². The number of benzene rings is 4. The Morgan fingerprint density at radius 3 is 2.33 bits per heavy atom. The van der Waals surface area contributed by atoms with E-state index in [1.54, 1.807) is 0 Å². The number of carbonyl (C=O) groups is 2.